The first kappa shape index (κ1) is 10.2. The summed E-state index contributed by atoms with van der Waals surface area (Å²) in [5.74, 6) is 0. The van der Waals surface area contributed by atoms with Crippen LogP contribution in [-0.2, 0) is 10.1 Å². The summed E-state index contributed by atoms with van der Waals surface area (Å²) in [5, 5.41) is 9.86. The van der Waals surface area contributed by atoms with E-state index in [1.807, 2.05) is 0 Å². The number of hydrogen-bond acceptors (Lipinski definition) is 4. The SMILES string of the molecule is CCC(NC(=O)[O-])S(=O)(=O)O. The predicted octanol–water partition coefficient (Wildman–Crippen LogP) is -1.46. The fraction of sp³-hybridized carbons (Fsp3) is 0.750. The van der Waals surface area contributed by atoms with Gasteiger partial charge in [0.25, 0.3) is 10.1 Å². The molecule has 0 aromatic carbocycles. The number of rotatable bonds is 3. The monoisotopic (exact) mass is 182 g/mol. The fourth-order valence-corrected chi connectivity index (χ4v) is 1.18. The van der Waals surface area contributed by atoms with Crippen LogP contribution in [0.2, 0.25) is 0 Å². The molecule has 0 aliphatic heterocycles. The molecule has 2 N–H and O–H groups in total. The van der Waals surface area contributed by atoms with Crippen molar-refractivity contribution in [3.8, 4) is 0 Å². The molecule has 0 saturated carbocycles. The van der Waals surface area contributed by atoms with Gasteiger partial charge in [-0.1, -0.05) is 6.92 Å². The van der Waals surface area contributed by atoms with Crippen LogP contribution in [0.3, 0.4) is 0 Å². The lowest BCUT2D eigenvalue weighted by atomic mass is 10.5. The smallest absolute Gasteiger partial charge is 0.286 e. The molecule has 0 spiro atoms. The van der Waals surface area contributed by atoms with Crippen LogP contribution in [0.5, 0.6) is 0 Å². The molecule has 1 amide bonds. The van der Waals surface area contributed by atoms with Crippen molar-refractivity contribution in [3.05, 3.63) is 0 Å². The number of carboxylic acid groups (broad SMARTS) is 1. The van der Waals surface area contributed by atoms with Crippen LogP contribution in [0.4, 0.5) is 4.79 Å². The van der Waals surface area contributed by atoms with Gasteiger partial charge in [-0.25, -0.2) is 0 Å². The molecular weight excluding hydrogens is 174 g/mol. The Kier molecular flexibility index (Phi) is 3.27. The van der Waals surface area contributed by atoms with Crippen LogP contribution in [0.25, 0.3) is 0 Å². The molecule has 0 bridgehead atoms. The van der Waals surface area contributed by atoms with E-state index >= 15 is 0 Å². The highest BCUT2D eigenvalue weighted by atomic mass is 32.2. The Morgan fingerprint density at radius 3 is 2.27 bits per heavy atom. The molecule has 0 saturated heterocycles. The molecule has 0 radical (unpaired) electrons. The molecule has 0 aromatic heterocycles. The predicted molar refractivity (Wildman–Crippen MR) is 34.2 cm³/mol. The molecule has 11 heavy (non-hydrogen) atoms. The highest BCUT2D eigenvalue weighted by Crippen LogP contribution is 1.98. The van der Waals surface area contributed by atoms with Crippen LogP contribution in [-0.4, -0.2) is 24.4 Å². The van der Waals surface area contributed by atoms with Gasteiger partial charge in [-0.05, 0) is 6.42 Å². The topological polar surface area (TPSA) is 107 Å². The normalized spacial score (nSPS) is 14.0. The van der Waals surface area contributed by atoms with Crippen molar-refractivity contribution in [1.82, 2.24) is 5.32 Å². The van der Waals surface area contributed by atoms with E-state index in [2.05, 4.69) is 0 Å². The fourth-order valence-electron chi connectivity index (χ4n) is 0.519. The minimum atomic E-state index is -4.34. The molecule has 66 valence electrons. The largest absolute Gasteiger partial charge is 0.530 e. The molecule has 0 aromatic rings. The van der Waals surface area contributed by atoms with Gasteiger partial charge in [0.05, 0.1) is 0 Å². The van der Waals surface area contributed by atoms with Crippen molar-refractivity contribution in [2.75, 3.05) is 0 Å². The summed E-state index contributed by atoms with van der Waals surface area (Å²) >= 11 is 0. The van der Waals surface area contributed by atoms with Gasteiger partial charge in [0.1, 0.15) is 6.09 Å². The van der Waals surface area contributed by atoms with Gasteiger partial charge in [0, 0.05) is 0 Å². The van der Waals surface area contributed by atoms with Gasteiger partial charge in [-0.3, -0.25) is 4.55 Å². The van der Waals surface area contributed by atoms with Gasteiger partial charge >= 0.3 is 0 Å². The van der Waals surface area contributed by atoms with Crippen LogP contribution in [0, 0.1) is 0 Å². The van der Waals surface area contributed by atoms with Crippen molar-refractivity contribution < 1.29 is 22.9 Å². The Labute approximate surface area is 64.0 Å². The van der Waals surface area contributed by atoms with Gasteiger partial charge < -0.3 is 15.2 Å². The van der Waals surface area contributed by atoms with Crippen LogP contribution in [0.15, 0.2) is 0 Å². The molecule has 0 aliphatic rings. The van der Waals surface area contributed by atoms with Gasteiger partial charge in [0.15, 0.2) is 5.37 Å². The quantitative estimate of drug-likeness (QED) is 0.519. The lowest BCUT2D eigenvalue weighted by Gasteiger charge is -2.14. The Balaban J connectivity index is 4.31. The minimum absolute atomic E-state index is 0.0488. The van der Waals surface area contributed by atoms with Crippen LogP contribution in [0.1, 0.15) is 13.3 Å². The third-order valence-corrected chi connectivity index (χ3v) is 2.18. The van der Waals surface area contributed by atoms with Crippen LogP contribution < -0.4 is 10.4 Å². The van der Waals surface area contributed by atoms with E-state index in [1.165, 1.54) is 12.2 Å². The third kappa shape index (κ3) is 3.79. The Morgan fingerprint density at radius 2 is 2.18 bits per heavy atom. The molecule has 1 unspecified atom stereocenters. The first-order valence-electron chi connectivity index (χ1n) is 2.81. The second kappa shape index (κ2) is 3.54. The molecule has 1 atom stereocenters. The summed E-state index contributed by atoms with van der Waals surface area (Å²) in [7, 11) is -4.34. The molecular formula is C4H8NO5S-. The van der Waals surface area contributed by atoms with Gasteiger partial charge in [-0.15, -0.1) is 0 Å². The average molecular weight is 182 g/mol. The first-order chi connectivity index (χ1) is 4.88. The van der Waals surface area contributed by atoms with Crippen molar-refractivity contribution in [2.24, 2.45) is 0 Å². The van der Waals surface area contributed by atoms with E-state index in [-0.39, 0.29) is 6.42 Å². The summed E-state index contributed by atoms with van der Waals surface area (Å²) in [6.07, 6.45) is -1.78. The van der Waals surface area contributed by atoms with Crippen molar-refractivity contribution >= 4 is 16.2 Å². The molecule has 0 heterocycles. The summed E-state index contributed by atoms with van der Waals surface area (Å²) in [4.78, 5) is 9.82. The zero-order valence-electron chi connectivity index (χ0n) is 5.77. The molecule has 0 aliphatic carbocycles. The summed E-state index contributed by atoms with van der Waals surface area (Å²) < 4.78 is 28.9. The van der Waals surface area contributed by atoms with E-state index in [9.17, 15) is 18.3 Å². The second-order valence-corrected chi connectivity index (χ2v) is 3.44. The lowest BCUT2D eigenvalue weighted by Crippen LogP contribution is -2.46. The minimum Gasteiger partial charge on any atom is -0.530 e. The maximum absolute atomic E-state index is 10.3. The number of amides is 1. The number of hydrogen-bond donors (Lipinski definition) is 2. The van der Waals surface area contributed by atoms with Crippen molar-refractivity contribution in [1.29, 1.82) is 0 Å². The summed E-state index contributed by atoms with van der Waals surface area (Å²) in [6, 6.07) is 0. The Morgan fingerprint density at radius 1 is 1.73 bits per heavy atom. The van der Waals surface area contributed by atoms with Crippen molar-refractivity contribution in [3.63, 3.8) is 0 Å². The number of carbonyl (C=O) groups excluding carboxylic acids is 1. The molecule has 0 fully saturated rings. The summed E-state index contributed by atoms with van der Waals surface area (Å²) in [6.45, 7) is 1.41. The molecule has 6 nitrogen and oxygen atoms in total. The van der Waals surface area contributed by atoms with Crippen LogP contribution >= 0.6 is 0 Å². The standard InChI is InChI=1S/C4H9NO5S/c1-2-3(5-4(6)7)11(8,9)10/h3,5H,2H2,1H3,(H,6,7)(H,8,9,10)/p-1. The second-order valence-electron chi connectivity index (χ2n) is 1.84. The Hall–Kier alpha value is -0.820. The number of nitrogens with one attached hydrogen (secondary N) is 1. The lowest BCUT2D eigenvalue weighted by molar-refractivity contribution is -0.251. The van der Waals surface area contributed by atoms with E-state index in [1.54, 1.807) is 0 Å². The zero-order valence-corrected chi connectivity index (χ0v) is 6.59. The van der Waals surface area contributed by atoms with E-state index < -0.39 is 21.6 Å². The summed E-state index contributed by atoms with van der Waals surface area (Å²) in [5.41, 5.74) is 0. The Bertz CT molecular complexity index is 233. The maximum Gasteiger partial charge on any atom is 0.286 e. The first-order valence-corrected chi connectivity index (χ1v) is 4.32. The van der Waals surface area contributed by atoms with Crippen molar-refractivity contribution in [2.45, 2.75) is 18.7 Å². The highest BCUT2D eigenvalue weighted by Gasteiger charge is 2.19. The third-order valence-electron chi connectivity index (χ3n) is 1.01. The molecule has 7 heteroatoms. The zero-order chi connectivity index (χ0) is 9.07. The molecule has 0 rings (SSSR count). The van der Waals surface area contributed by atoms with E-state index in [0.29, 0.717) is 0 Å². The maximum atomic E-state index is 10.3. The highest BCUT2D eigenvalue weighted by molar-refractivity contribution is 7.86. The van der Waals surface area contributed by atoms with Gasteiger partial charge in [-0.2, -0.15) is 8.42 Å². The average Bonchev–Trinajstić information content (AvgIpc) is 1.79. The van der Waals surface area contributed by atoms with E-state index in [4.69, 9.17) is 4.55 Å². The van der Waals surface area contributed by atoms with E-state index in [0.717, 1.165) is 0 Å². The van der Waals surface area contributed by atoms with Gasteiger partial charge in [0.2, 0.25) is 0 Å². The number of carbonyl (C=O) groups is 1.